The zero-order valence-electron chi connectivity index (χ0n) is 74.1. The summed E-state index contributed by atoms with van der Waals surface area (Å²) >= 11 is 0. The van der Waals surface area contributed by atoms with E-state index in [9.17, 15) is 19.2 Å². The van der Waals surface area contributed by atoms with Crippen molar-refractivity contribution < 1.29 is 19.2 Å². The SMILES string of the molecule is Nc1ccccc1/C(=C1/C(=O)N(Cc2ccccc2)c2ccccc21)c1cc2ccccc2[nH]1.Nc1ccccc1/C(=C1/C(=O)N(Cc2ccccc2)c2ccccc21)c1cc2ccccc2[nH]1.Nc1ccccc1/C(=C1/C(=O)N(Cc2ccccc2)c2ccccc21)c1cc2ccccc2[nH]1.Nc1ccccc1/C(=C1/C(=O)N(Cc2ccccc2)c2ccccc21)c1cc2ccccc2[nH]1. The van der Waals surface area contributed by atoms with Gasteiger partial charge in [0.1, 0.15) is 0 Å². The molecule has 4 aliphatic heterocycles. The lowest BCUT2D eigenvalue weighted by Gasteiger charge is -2.18. The first-order valence-corrected chi connectivity index (χ1v) is 45.3. The van der Waals surface area contributed by atoms with Crippen molar-refractivity contribution in [2.45, 2.75) is 26.2 Å². The van der Waals surface area contributed by atoms with Crippen LogP contribution in [-0.4, -0.2) is 43.6 Å². The molecule has 0 aliphatic carbocycles. The predicted octanol–water partition coefficient (Wildman–Crippen LogP) is 25.0. The number of aromatic amines is 4. The van der Waals surface area contributed by atoms with Crippen molar-refractivity contribution >= 4 is 157 Å². The van der Waals surface area contributed by atoms with Crippen molar-refractivity contribution in [3.8, 4) is 0 Å². The van der Waals surface area contributed by atoms with Crippen LogP contribution in [0, 0.1) is 0 Å². The predicted molar refractivity (Wildman–Crippen MR) is 557 cm³/mol. The average Bonchev–Trinajstić information content (AvgIpc) is 1.60. The van der Waals surface area contributed by atoms with Gasteiger partial charge in [-0.25, -0.2) is 0 Å². The fourth-order valence-electron chi connectivity index (χ4n) is 19.2. The Morgan fingerprint density at radius 3 is 0.581 bits per heavy atom. The normalized spacial score (nSPS) is 14.5. The third kappa shape index (κ3) is 16.3. The first-order valence-electron chi connectivity index (χ1n) is 45.3. The van der Waals surface area contributed by atoms with Crippen LogP contribution in [0.1, 0.15) is 89.5 Å². The third-order valence-corrected chi connectivity index (χ3v) is 25.5. The van der Waals surface area contributed by atoms with E-state index in [0.29, 0.717) is 71.2 Å². The second-order valence-electron chi connectivity index (χ2n) is 34.0. The summed E-state index contributed by atoms with van der Waals surface area (Å²) in [6.45, 7) is 2.02. The van der Waals surface area contributed by atoms with Gasteiger partial charge in [0, 0.05) is 156 Å². The van der Waals surface area contributed by atoms with E-state index >= 15 is 0 Å². The van der Waals surface area contributed by atoms with Crippen molar-refractivity contribution in [2.75, 3.05) is 42.5 Å². The molecule has 16 nitrogen and oxygen atoms in total. The molecule has 0 bridgehead atoms. The van der Waals surface area contributed by atoms with Crippen LogP contribution >= 0.6 is 0 Å². The molecule has 0 fully saturated rings. The van der Waals surface area contributed by atoms with Crippen molar-refractivity contribution in [1.29, 1.82) is 0 Å². The van der Waals surface area contributed by atoms with Crippen molar-refractivity contribution in [3.63, 3.8) is 0 Å². The van der Waals surface area contributed by atoms with Crippen LogP contribution < -0.4 is 42.5 Å². The highest BCUT2D eigenvalue weighted by Crippen LogP contribution is 2.51. The van der Waals surface area contributed by atoms with E-state index in [1.165, 1.54) is 0 Å². The van der Waals surface area contributed by atoms with E-state index < -0.39 is 0 Å². The number of fused-ring (bicyclic) bond motifs is 8. The number of nitrogens with one attached hydrogen (secondary N) is 4. The smallest absolute Gasteiger partial charge is 0.260 e. The molecule has 12 N–H and O–H groups in total. The molecular formula is C120H92N12O4. The zero-order valence-corrected chi connectivity index (χ0v) is 74.1. The number of benzene rings is 16. The molecule has 24 rings (SSSR count). The number of amides is 4. The van der Waals surface area contributed by atoms with Crippen LogP contribution in [0.3, 0.4) is 0 Å². The maximum atomic E-state index is 14.1. The van der Waals surface area contributed by atoms with Gasteiger partial charge >= 0.3 is 0 Å². The number of aromatic nitrogens is 4. The summed E-state index contributed by atoms with van der Waals surface area (Å²) in [5, 5.41) is 4.35. The molecule has 0 spiro atoms. The standard InChI is InChI=1S/4C30H23N3O/c4*31-24-15-7-5-13-22(24)28(26-18-21-12-4-8-16-25(21)32-26)29-23-14-6-9-17-27(23)33(30(29)34)19-20-10-2-1-3-11-20/h4*1-18,32H,19,31H2/b4*29-28-. The van der Waals surface area contributed by atoms with Crippen LogP contribution in [0.2, 0.25) is 0 Å². The highest BCUT2D eigenvalue weighted by atomic mass is 16.2. The van der Waals surface area contributed by atoms with Gasteiger partial charge in [-0.15, -0.1) is 0 Å². The largest absolute Gasteiger partial charge is 0.398 e. The molecule has 16 heteroatoms. The Labute approximate surface area is 786 Å². The molecule has 16 aromatic carbocycles. The molecule has 0 unspecified atom stereocenters. The van der Waals surface area contributed by atoms with Gasteiger partial charge in [-0.05, 0) is 119 Å². The summed E-state index contributed by atoms with van der Waals surface area (Å²) in [5.41, 5.74) is 56.9. The number of H-pyrrole nitrogens is 4. The molecule has 656 valence electrons. The highest BCUT2D eigenvalue weighted by molar-refractivity contribution is 6.42. The number of anilines is 8. The Morgan fingerprint density at radius 2 is 0.375 bits per heavy atom. The Balaban J connectivity index is 0.000000108. The number of hydrogen-bond donors (Lipinski definition) is 8. The molecule has 0 saturated heterocycles. The van der Waals surface area contributed by atoms with Gasteiger partial charge in [0.25, 0.3) is 23.6 Å². The Hall–Kier alpha value is -18.3. The van der Waals surface area contributed by atoms with Gasteiger partial charge in [-0.3, -0.25) is 19.2 Å². The Kier molecular flexibility index (Phi) is 23.0. The number of hydrogen-bond acceptors (Lipinski definition) is 8. The fraction of sp³-hybridized carbons (Fsp3) is 0.0333. The summed E-state index contributed by atoms with van der Waals surface area (Å²) in [6.07, 6.45) is 0. The molecule has 4 aliphatic rings. The van der Waals surface area contributed by atoms with Crippen molar-refractivity contribution in [3.05, 3.63) is 526 Å². The molecule has 0 radical (unpaired) electrons. The van der Waals surface area contributed by atoms with Crippen LogP contribution in [0.4, 0.5) is 45.5 Å². The summed E-state index contributed by atoms with van der Waals surface area (Å²) in [4.78, 5) is 78.0. The van der Waals surface area contributed by atoms with Crippen molar-refractivity contribution in [1.82, 2.24) is 19.9 Å². The number of para-hydroxylation sites is 12. The second kappa shape index (κ2) is 36.9. The molecule has 4 amide bonds. The quantitative estimate of drug-likeness (QED) is 0.0340. The monoisotopic (exact) mass is 1760 g/mol. The molecule has 4 aromatic heterocycles. The summed E-state index contributed by atoms with van der Waals surface area (Å²) < 4.78 is 0. The Bertz CT molecular complexity index is 7070. The number of nitrogen functional groups attached to an aromatic ring is 4. The number of nitrogens with zero attached hydrogens (tertiary/aromatic N) is 4. The van der Waals surface area contributed by atoms with Gasteiger partial charge in [-0.1, -0.05) is 340 Å². The van der Waals surface area contributed by atoms with E-state index in [2.05, 4.69) is 68.5 Å². The maximum Gasteiger partial charge on any atom is 0.260 e. The minimum absolute atomic E-state index is 0.0260. The number of carbonyl (C=O) groups excluding carboxylic acids is 4. The maximum absolute atomic E-state index is 14.1. The fourth-order valence-corrected chi connectivity index (χ4v) is 19.2. The molecule has 0 atom stereocenters. The number of carbonyl (C=O) groups is 4. The zero-order chi connectivity index (χ0) is 92.3. The van der Waals surface area contributed by atoms with E-state index in [1.54, 1.807) is 0 Å². The number of rotatable bonds is 16. The average molecular weight is 1770 g/mol. The van der Waals surface area contributed by atoms with Crippen molar-refractivity contribution in [2.24, 2.45) is 0 Å². The first-order chi connectivity index (χ1) is 66.8. The minimum Gasteiger partial charge on any atom is -0.398 e. The number of nitrogens with two attached hydrogens (primary N) is 4. The Morgan fingerprint density at radius 1 is 0.199 bits per heavy atom. The van der Waals surface area contributed by atoms with Crippen LogP contribution in [0.15, 0.2) is 437 Å². The lowest BCUT2D eigenvalue weighted by atomic mass is 9.92. The molecular weight excluding hydrogens is 1670 g/mol. The van der Waals surface area contributed by atoms with E-state index in [-0.39, 0.29) is 23.6 Å². The van der Waals surface area contributed by atoms with E-state index in [4.69, 9.17) is 22.9 Å². The second-order valence-corrected chi connectivity index (χ2v) is 34.0. The summed E-state index contributed by atoms with van der Waals surface area (Å²) in [5.74, 6) is -0.104. The topological polar surface area (TPSA) is 248 Å². The lowest BCUT2D eigenvalue weighted by molar-refractivity contribution is -0.113. The molecule has 136 heavy (non-hydrogen) atoms. The molecule has 0 saturated carbocycles. The van der Waals surface area contributed by atoms with Gasteiger partial charge in [-0.2, -0.15) is 0 Å². The van der Waals surface area contributed by atoms with E-state index in [0.717, 1.165) is 178 Å². The third-order valence-electron chi connectivity index (χ3n) is 25.5. The molecule has 20 aromatic rings. The van der Waals surface area contributed by atoms with Crippen LogP contribution in [0.5, 0.6) is 0 Å². The van der Waals surface area contributed by atoms with E-state index in [1.807, 2.05) is 408 Å². The lowest BCUT2D eigenvalue weighted by Crippen LogP contribution is -2.26. The molecule has 8 heterocycles. The highest BCUT2D eigenvalue weighted by Gasteiger charge is 2.41. The van der Waals surface area contributed by atoms with Gasteiger partial charge < -0.3 is 62.5 Å². The summed E-state index contributed by atoms with van der Waals surface area (Å²) in [6, 6.07) is 144. The van der Waals surface area contributed by atoms with Gasteiger partial charge in [0.2, 0.25) is 0 Å². The minimum atomic E-state index is -0.0260. The van der Waals surface area contributed by atoms with Crippen LogP contribution in [0.25, 0.3) is 88.2 Å². The van der Waals surface area contributed by atoms with Gasteiger partial charge in [0.15, 0.2) is 0 Å². The first kappa shape index (κ1) is 84.6. The van der Waals surface area contributed by atoms with Crippen LogP contribution in [-0.2, 0) is 45.4 Å². The van der Waals surface area contributed by atoms with Gasteiger partial charge in [0.05, 0.1) is 71.2 Å². The summed E-state index contributed by atoms with van der Waals surface area (Å²) in [7, 11) is 0.